The molecule has 0 aliphatic rings. The van der Waals surface area contributed by atoms with Crippen LogP contribution < -0.4 is 5.73 Å². The van der Waals surface area contributed by atoms with Crippen LogP contribution >= 0.6 is 0 Å². The zero-order valence-electron chi connectivity index (χ0n) is 7.69. The number of alkyl halides is 3. The van der Waals surface area contributed by atoms with Crippen molar-refractivity contribution in [2.75, 3.05) is 0 Å². The predicted molar refractivity (Wildman–Crippen MR) is 46.5 cm³/mol. The van der Waals surface area contributed by atoms with Crippen LogP contribution in [0.2, 0.25) is 0 Å². The summed E-state index contributed by atoms with van der Waals surface area (Å²) in [5.41, 5.74) is 3.87. The highest BCUT2D eigenvalue weighted by Gasteiger charge is 2.34. The lowest BCUT2D eigenvalue weighted by atomic mass is 10.3. The number of nitrogens with two attached hydrogens (primary N) is 1. The molecule has 2 N–H and O–H groups in total. The first-order valence-corrected chi connectivity index (χ1v) is 4.10. The largest absolute Gasteiger partial charge is 0.435 e. The summed E-state index contributed by atoms with van der Waals surface area (Å²) >= 11 is 0. The Morgan fingerprint density at radius 3 is 2.69 bits per heavy atom. The zero-order chi connectivity index (χ0) is 11.9. The van der Waals surface area contributed by atoms with Gasteiger partial charge in [-0.2, -0.15) is 18.3 Å². The maximum absolute atomic E-state index is 12.3. The normalized spacial score (nSPS) is 11.9. The van der Waals surface area contributed by atoms with Crippen molar-refractivity contribution in [1.82, 2.24) is 14.6 Å². The second kappa shape index (κ2) is 3.19. The van der Waals surface area contributed by atoms with Crippen LogP contribution in [0.25, 0.3) is 5.65 Å². The number of hydrogen-bond acceptors (Lipinski definition) is 3. The fraction of sp³-hybridized carbons (Fsp3) is 0.125. The van der Waals surface area contributed by atoms with Crippen molar-refractivity contribution >= 4 is 11.6 Å². The Hall–Kier alpha value is -2.12. The van der Waals surface area contributed by atoms with Crippen LogP contribution in [0.1, 0.15) is 16.1 Å². The Kier molecular flexibility index (Phi) is 2.07. The van der Waals surface area contributed by atoms with E-state index in [0.29, 0.717) is 0 Å². The molecule has 2 heterocycles. The average molecular weight is 230 g/mol. The van der Waals surface area contributed by atoms with Gasteiger partial charge in [0.25, 0.3) is 5.91 Å². The zero-order valence-corrected chi connectivity index (χ0v) is 7.69. The van der Waals surface area contributed by atoms with Crippen LogP contribution in [0.15, 0.2) is 18.5 Å². The van der Waals surface area contributed by atoms with E-state index in [9.17, 15) is 18.0 Å². The maximum atomic E-state index is 12.3. The van der Waals surface area contributed by atoms with Crippen molar-refractivity contribution in [2.45, 2.75) is 6.18 Å². The molecule has 0 spiro atoms. The molecule has 0 bridgehead atoms. The first-order valence-electron chi connectivity index (χ1n) is 4.10. The summed E-state index contributed by atoms with van der Waals surface area (Å²) in [6.07, 6.45) is -2.35. The number of hydrogen-bond donors (Lipinski definition) is 1. The summed E-state index contributed by atoms with van der Waals surface area (Å²) in [6.45, 7) is 0. The fourth-order valence-corrected chi connectivity index (χ4v) is 1.14. The number of halogens is 3. The van der Waals surface area contributed by atoms with Crippen molar-refractivity contribution in [3.8, 4) is 0 Å². The molecule has 0 atom stereocenters. The van der Waals surface area contributed by atoms with Crippen molar-refractivity contribution in [3.05, 3.63) is 29.7 Å². The first-order chi connectivity index (χ1) is 7.38. The summed E-state index contributed by atoms with van der Waals surface area (Å²) < 4.78 is 37.7. The van der Waals surface area contributed by atoms with E-state index in [1.54, 1.807) is 0 Å². The molecule has 84 valence electrons. The molecular weight excluding hydrogens is 225 g/mol. The summed E-state index contributed by atoms with van der Waals surface area (Å²) in [4.78, 5) is 14.4. The van der Waals surface area contributed by atoms with Crippen LogP contribution in [0.3, 0.4) is 0 Å². The molecule has 0 aliphatic carbocycles. The molecule has 0 saturated heterocycles. The number of nitrogens with zero attached hydrogens (tertiary/aromatic N) is 3. The van der Waals surface area contributed by atoms with E-state index in [4.69, 9.17) is 5.73 Å². The Morgan fingerprint density at radius 2 is 2.12 bits per heavy atom. The Labute approximate surface area is 86.7 Å². The van der Waals surface area contributed by atoms with Gasteiger partial charge in [-0.25, -0.2) is 9.50 Å². The van der Waals surface area contributed by atoms with Crippen LogP contribution in [-0.4, -0.2) is 20.5 Å². The summed E-state index contributed by atoms with van der Waals surface area (Å²) in [5, 5.41) is 3.25. The molecular formula is C8H5F3N4O. The molecule has 2 rings (SSSR count). The third-order valence-electron chi connectivity index (χ3n) is 1.89. The highest BCUT2D eigenvalue weighted by molar-refractivity contribution is 5.92. The van der Waals surface area contributed by atoms with E-state index in [-0.39, 0.29) is 11.2 Å². The van der Waals surface area contributed by atoms with Gasteiger partial charge in [-0.3, -0.25) is 4.79 Å². The topological polar surface area (TPSA) is 73.3 Å². The molecule has 8 heteroatoms. The molecule has 1 amide bonds. The van der Waals surface area contributed by atoms with E-state index in [1.807, 2.05) is 0 Å². The lowest BCUT2D eigenvalue weighted by Crippen LogP contribution is -2.12. The fourth-order valence-electron chi connectivity index (χ4n) is 1.14. The maximum Gasteiger partial charge on any atom is 0.435 e. The van der Waals surface area contributed by atoms with Crippen molar-refractivity contribution in [2.24, 2.45) is 5.73 Å². The van der Waals surface area contributed by atoms with Gasteiger partial charge in [0.1, 0.15) is 0 Å². The monoisotopic (exact) mass is 230 g/mol. The number of carbonyl (C=O) groups excluding carboxylic acids is 1. The molecule has 5 nitrogen and oxygen atoms in total. The van der Waals surface area contributed by atoms with Gasteiger partial charge in [0.15, 0.2) is 11.3 Å². The molecule has 0 fully saturated rings. The SMILES string of the molecule is NC(=O)c1cnc2cc(C(F)(F)F)nn2c1. The number of fused-ring (bicyclic) bond motifs is 1. The number of aromatic nitrogens is 3. The van der Waals surface area contributed by atoms with Crippen LogP contribution in [0.5, 0.6) is 0 Å². The molecule has 0 aliphatic heterocycles. The highest BCUT2D eigenvalue weighted by atomic mass is 19.4. The number of rotatable bonds is 1. The van der Waals surface area contributed by atoms with E-state index < -0.39 is 17.8 Å². The van der Waals surface area contributed by atoms with Gasteiger partial charge in [0.05, 0.1) is 5.56 Å². The summed E-state index contributed by atoms with van der Waals surface area (Å²) in [5.74, 6) is -0.779. The number of amides is 1. The van der Waals surface area contributed by atoms with Gasteiger partial charge in [0.2, 0.25) is 0 Å². The minimum atomic E-state index is -4.54. The lowest BCUT2D eigenvalue weighted by Gasteiger charge is -1.98. The van der Waals surface area contributed by atoms with Gasteiger partial charge < -0.3 is 5.73 Å². The van der Waals surface area contributed by atoms with Gasteiger partial charge in [-0.15, -0.1) is 0 Å². The van der Waals surface area contributed by atoms with Crippen LogP contribution in [0.4, 0.5) is 13.2 Å². The number of primary amides is 1. The first kappa shape index (κ1) is 10.4. The molecule has 0 radical (unpaired) electrons. The molecule has 16 heavy (non-hydrogen) atoms. The van der Waals surface area contributed by atoms with Crippen molar-refractivity contribution in [1.29, 1.82) is 0 Å². The van der Waals surface area contributed by atoms with Crippen LogP contribution in [0, 0.1) is 0 Å². The standard InChI is InChI=1S/C8H5F3N4O/c9-8(10,11)5-1-6-13-2-4(7(12)16)3-15(6)14-5/h1-3H,(H2,12,16). The Morgan fingerprint density at radius 1 is 1.44 bits per heavy atom. The van der Waals surface area contributed by atoms with Gasteiger partial charge >= 0.3 is 6.18 Å². The molecule has 0 aromatic carbocycles. The second-order valence-electron chi connectivity index (χ2n) is 3.04. The minimum absolute atomic E-state index is 0.00248. The van der Waals surface area contributed by atoms with Crippen molar-refractivity contribution in [3.63, 3.8) is 0 Å². The molecule has 0 unspecified atom stereocenters. The molecule has 0 saturated carbocycles. The third kappa shape index (κ3) is 1.69. The van der Waals surface area contributed by atoms with E-state index >= 15 is 0 Å². The summed E-state index contributed by atoms with van der Waals surface area (Å²) in [7, 11) is 0. The Balaban J connectivity index is 2.59. The quantitative estimate of drug-likeness (QED) is 0.789. The van der Waals surface area contributed by atoms with E-state index in [2.05, 4.69) is 10.1 Å². The average Bonchev–Trinajstić information content (AvgIpc) is 2.58. The highest BCUT2D eigenvalue weighted by Crippen LogP contribution is 2.28. The van der Waals surface area contributed by atoms with E-state index in [0.717, 1.165) is 23.0 Å². The predicted octanol–water partition coefficient (Wildman–Crippen LogP) is 0.847. The minimum Gasteiger partial charge on any atom is -0.366 e. The smallest absolute Gasteiger partial charge is 0.366 e. The number of carbonyl (C=O) groups is 1. The summed E-state index contributed by atoms with van der Waals surface area (Å²) in [6, 6.07) is 0.783. The molecule has 2 aromatic rings. The van der Waals surface area contributed by atoms with Gasteiger partial charge in [-0.1, -0.05) is 0 Å². The van der Waals surface area contributed by atoms with Crippen LogP contribution in [-0.2, 0) is 6.18 Å². The van der Waals surface area contributed by atoms with Gasteiger partial charge in [-0.05, 0) is 0 Å². The lowest BCUT2D eigenvalue weighted by molar-refractivity contribution is -0.141. The Bertz CT molecular complexity index is 560. The van der Waals surface area contributed by atoms with Crippen molar-refractivity contribution < 1.29 is 18.0 Å². The van der Waals surface area contributed by atoms with Gasteiger partial charge in [0, 0.05) is 18.5 Å². The van der Waals surface area contributed by atoms with E-state index in [1.165, 1.54) is 0 Å². The third-order valence-corrected chi connectivity index (χ3v) is 1.89. The molecule has 2 aromatic heterocycles. The second-order valence-corrected chi connectivity index (χ2v) is 3.04.